The third-order valence-corrected chi connectivity index (χ3v) is 5.13. The van der Waals surface area contributed by atoms with Crippen LogP contribution in [0.1, 0.15) is 12.8 Å². The van der Waals surface area contributed by atoms with Gasteiger partial charge in [-0.05, 0) is 18.9 Å². The van der Waals surface area contributed by atoms with Crippen molar-refractivity contribution >= 4 is 11.9 Å². The molecule has 1 aromatic heterocycles. The third kappa shape index (κ3) is 4.19. The number of hydrogen-bond donors (Lipinski definition) is 1. The topological polar surface area (TPSA) is 83.1 Å². The molecule has 2 N–H and O–H groups in total. The van der Waals surface area contributed by atoms with Gasteiger partial charge in [-0.2, -0.15) is 0 Å². The highest BCUT2D eigenvalue weighted by molar-refractivity contribution is 5.78. The van der Waals surface area contributed by atoms with E-state index in [1.165, 1.54) is 12.8 Å². The van der Waals surface area contributed by atoms with Gasteiger partial charge in [0.05, 0.1) is 19.3 Å². The van der Waals surface area contributed by atoms with Gasteiger partial charge in [-0.15, -0.1) is 0 Å². The summed E-state index contributed by atoms with van der Waals surface area (Å²) in [6, 6.07) is 2.63. The van der Waals surface area contributed by atoms with E-state index in [4.69, 9.17) is 10.5 Å². The number of rotatable bonds is 4. The molecule has 3 fully saturated rings. The molecular formula is C17H27N7O. The SMILES string of the molecule is NC(=NCC1CN(C2CC2)CCO1)N1CCN(c2ncccn2)CC1. The minimum absolute atomic E-state index is 0.173. The highest BCUT2D eigenvalue weighted by Gasteiger charge is 2.32. The first kappa shape index (κ1) is 16.5. The fourth-order valence-electron chi connectivity index (χ4n) is 3.51. The Labute approximate surface area is 148 Å². The summed E-state index contributed by atoms with van der Waals surface area (Å²) in [5, 5.41) is 0. The first-order valence-electron chi connectivity index (χ1n) is 9.22. The molecule has 0 amide bonds. The lowest BCUT2D eigenvalue weighted by atomic mass is 10.2. The quantitative estimate of drug-likeness (QED) is 0.596. The van der Waals surface area contributed by atoms with Crippen LogP contribution < -0.4 is 10.6 Å². The summed E-state index contributed by atoms with van der Waals surface area (Å²) < 4.78 is 5.85. The van der Waals surface area contributed by atoms with Crippen molar-refractivity contribution < 1.29 is 4.74 Å². The summed E-state index contributed by atoms with van der Waals surface area (Å²) >= 11 is 0. The van der Waals surface area contributed by atoms with E-state index >= 15 is 0 Å². The maximum Gasteiger partial charge on any atom is 0.225 e. The zero-order chi connectivity index (χ0) is 17.1. The second kappa shape index (κ2) is 7.53. The van der Waals surface area contributed by atoms with Crippen molar-refractivity contribution in [2.75, 3.05) is 57.3 Å². The third-order valence-electron chi connectivity index (χ3n) is 5.13. The highest BCUT2D eigenvalue weighted by atomic mass is 16.5. The van der Waals surface area contributed by atoms with Crippen LogP contribution in [0.4, 0.5) is 5.95 Å². The molecule has 8 nitrogen and oxygen atoms in total. The number of nitrogens with two attached hydrogens (primary N) is 1. The zero-order valence-corrected chi connectivity index (χ0v) is 14.6. The van der Waals surface area contributed by atoms with Crippen molar-refractivity contribution in [3.05, 3.63) is 18.5 Å². The van der Waals surface area contributed by atoms with Crippen molar-refractivity contribution in [1.29, 1.82) is 0 Å². The van der Waals surface area contributed by atoms with Gasteiger partial charge < -0.3 is 20.3 Å². The van der Waals surface area contributed by atoms with E-state index in [0.717, 1.165) is 57.9 Å². The van der Waals surface area contributed by atoms with Crippen LogP contribution in [0, 0.1) is 0 Å². The van der Waals surface area contributed by atoms with Gasteiger partial charge in [0, 0.05) is 57.7 Å². The fraction of sp³-hybridized carbons (Fsp3) is 0.706. The van der Waals surface area contributed by atoms with Gasteiger partial charge in [0.15, 0.2) is 5.96 Å². The van der Waals surface area contributed by atoms with Crippen LogP contribution in [-0.4, -0.2) is 90.3 Å². The molecular weight excluding hydrogens is 318 g/mol. The van der Waals surface area contributed by atoms with Gasteiger partial charge in [-0.25, -0.2) is 9.97 Å². The Balaban J connectivity index is 1.25. The standard InChI is InChI=1S/C17H27N7O/c18-16(21-12-15-13-24(10-11-25-15)14-2-3-14)22-6-8-23(9-7-22)17-19-4-1-5-20-17/h1,4-5,14-15H,2-3,6-13H2,(H2,18,21). The molecule has 136 valence electrons. The lowest BCUT2D eigenvalue weighted by Gasteiger charge is -2.35. The number of anilines is 1. The minimum atomic E-state index is 0.173. The molecule has 0 bridgehead atoms. The normalized spacial score (nSPS) is 26.1. The number of guanidine groups is 1. The Morgan fingerprint density at radius 1 is 1.16 bits per heavy atom. The van der Waals surface area contributed by atoms with Crippen molar-refractivity contribution in [3.63, 3.8) is 0 Å². The van der Waals surface area contributed by atoms with E-state index in [1.807, 2.05) is 6.07 Å². The van der Waals surface area contributed by atoms with Gasteiger partial charge in [0.25, 0.3) is 0 Å². The van der Waals surface area contributed by atoms with Crippen LogP contribution in [0.25, 0.3) is 0 Å². The van der Waals surface area contributed by atoms with Crippen LogP contribution in [0.15, 0.2) is 23.5 Å². The van der Waals surface area contributed by atoms with Crippen molar-refractivity contribution in [3.8, 4) is 0 Å². The van der Waals surface area contributed by atoms with E-state index in [-0.39, 0.29) is 6.10 Å². The Hall–Kier alpha value is -1.93. The summed E-state index contributed by atoms with van der Waals surface area (Å²) in [5.74, 6) is 1.41. The molecule has 1 unspecified atom stereocenters. The van der Waals surface area contributed by atoms with E-state index in [0.29, 0.717) is 12.5 Å². The minimum Gasteiger partial charge on any atom is -0.374 e. The predicted octanol–water partition coefficient (Wildman–Crippen LogP) is -0.223. The molecule has 0 radical (unpaired) electrons. The number of aliphatic imine (C=N–C) groups is 1. The van der Waals surface area contributed by atoms with Crippen LogP contribution in [0.5, 0.6) is 0 Å². The lowest BCUT2D eigenvalue weighted by Crippen LogP contribution is -2.52. The average molecular weight is 345 g/mol. The summed E-state index contributed by atoms with van der Waals surface area (Å²) in [5.41, 5.74) is 6.21. The van der Waals surface area contributed by atoms with Crippen LogP contribution >= 0.6 is 0 Å². The molecule has 2 aliphatic heterocycles. The Morgan fingerprint density at radius 2 is 1.92 bits per heavy atom. The summed E-state index contributed by atoms with van der Waals surface area (Å²) in [4.78, 5) is 20.1. The second-order valence-electron chi connectivity index (χ2n) is 6.94. The molecule has 25 heavy (non-hydrogen) atoms. The number of aromatic nitrogens is 2. The largest absolute Gasteiger partial charge is 0.374 e. The van der Waals surface area contributed by atoms with Crippen LogP contribution in [0.2, 0.25) is 0 Å². The molecule has 1 saturated carbocycles. The van der Waals surface area contributed by atoms with Gasteiger partial charge in [0.1, 0.15) is 0 Å². The van der Waals surface area contributed by atoms with E-state index < -0.39 is 0 Å². The lowest BCUT2D eigenvalue weighted by molar-refractivity contribution is -0.0260. The molecule has 2 saturated heterocycles. The number of hydrogen-bond acceptors (Lipinski definition) is 6. The highest BCUT2D eigenvalue weighted by Crippen LogP contribution is 2.28. The molecule has 1 atom stereocenters. The van der Waals surface area contributed by atoms with E-state index in [9.17, 15) is 0 Å². The molecule has 1 aliphatic carbocycles. The van der Waals surface area contributed by atoms with Crippen LogP contribution in [0.3, 0.4) is 0 Å². The molecule has 1 aromatic rings. The predicted molar refractivity (Wildman–Crippen MR) is 96.6 cm³/mol. The van der Waals surface area contributed by atoms with Crippen molar-refractivity contribution in [2.24, 2.45) is 10.7 Å². The number of nitrogens with zero attached hydrogens (tertiary/aromatic N) is 6. The number of piperazine rings is 1. The van der Waals surface area contributed by atoms with Gasteiger partial charge >= 0.3 is 0 Å². The average Bonchev–Trinajstić information content (AvgIpc) is 3.52. The second-order valence-corrected chi connectivity index (χ2v) is 6.94. The summed E-state index contributed by atoms with van der Waals surface area (Å²) in [6.07, 6.45) is 6.41. The summed E-state index contributed by atoms with van der Waals surface area (Å²) in [6.45, 7) is 6.90. The first-order valence-corrected chi connectivity index (χ1v) is 9.22. The Bertz CT molecular complexity index is 584. The molecule has 8 heteroatoms. The molecule has 3 heterocycles. The maximum absolute atomic E-state index is 6.21. The van der Waals surface area contributed by atoms with Gasteiger partial charge in [0.2, 0.25) is 5.95 Å². The van der Waals surface area contributed by atoms with Crippen molar-refractivity contribution in [1.82, 2.24) is 19.8 Å². The maximum atomic E-state index is 6.21. The summed E-state index contributed by atoms with van der Waals surface area (Å²) in [7, 11) is 0. The molecule has 3 aliphatic rings. The van der Waals surface area contributed by atoms with E-state index in [1.54, 1.807) is 12.4 Å². The number of morpholine rings is 1. The van der Waals surface area contributed by atoms with Crippen molar-refractivity contribution in [2.45, 2.75) is 25.0 Å². The van der Waals surface area contributed by atoms with E-state index in [2.05, 4.69) is 29.7 Å². The molecule has 0 aromatic carbocycles. The first-order chi connectivity index (χ1) is 12.3. The zero-order valence-electron chi connectivity index (χ0n) is 14.6. The fourth-order valence-corrected chi connectivity index (χ4v) is 3.51. The monoisotopic (exact) mass is 345 g/mol. The van der Waals surface area contributed by atoms with Crippen LogP contribution in [-0.2, 0) is 4.74 Å². The molecule has 0 spiro atoms. The Kier molecular flexibility index (Phi) is 4.98. The number of ether oxygens (including phenoxy) is 1. The van der Waals surface area contributed by atoms with Gasteiger partial charge in [-0.3, -0.25) is 9.89 Å². The smallest absolute Gasteiger partial charge is 0.225 e. The van der Waals surface area contributed by atoms with Gasteiger partial charge in [-0.1, -0.05) is 0 Å². The molecule has 4 rings (SSSR count). The Morgan fingerprint density at radius 3 is 2.64 bits per heavy atom.